The Labute approximate surface area is 123 Å². The number of carbonyl (C=O) groups excluding carboxylic acids is 2. The molecule has 0 bridgehead atoms. The van der Waals surface area contributed by atoms with Gasteiger partial charge >= 0.3 is 12.1 Å². The quantitative estimate of drug-likeness (QED) is 0.842. The van der Waals surface area contributed by atoms with Gasteiger partial charge in [0.05, 0.1) is 12.8 Å². The molecule has 0 aromatic carbocycles. The lowest BCUT2D eigenvalue weighted by atomic mass is 9.94. The molecule has 1 aliphatic carbocycles. The number of hydrogen-bond donors (Lipinski definition) is 1. The number of ether oxygens (including phenoxy) is 2. The Kier molecular flexibility index (Phi) is 3.79. The first-order valence-electron chi connectivity index (χ1n) is 6.81. The van der Waals surface area contributed by atoms with Crippen LogP contribution in [0.4, 0.5) is 4.79 Å². The predicted molar refractivity (Wildman–Crippen MR) is 74.8 cm³/mol. The van der Waals surface area contributed by atoms with Crippen LogP contribution in [0, 0.1) is 0 Å². The lowest BCUT2D eigenvalue weighted by Gasteiger charge is -2.20. The SMILES string of the molecule is COC(=O)C(N)C1(c2cn(C(=O)OC(C)(C)C)cn2)CC1. The van der Waals surface area contributed by atoms with Crippen molar-refractivity contribution >= 4 is 12.1 Å². The summed E-state index contributed by atoms with van der Waals surface area (Å²) >= 11 is 0. The zero-order chi connectivity index (χ0) is 15.8. The maximum atomic E-state index is 12.0. The molecule has 0 radical (unpaired) electrons. The second-order valence-corrected chi connectivity index (χ2v) is 6.30. The highest BCUT2D eigenvalue weighted by Crippen LogP contribution is 2.49. The highest BCUT2D eigenvalue weighted by molar-refractivity contribution is 5.79. The van der Waals surface area contributed by atoms with E-state index in [1.54, 1.807) is 27.0 Å². The van der Waals surface area contributed by atoms with Crippen molar-refractivity contribution < 1.29 is 19.1 Å². The zero-order valence-electron chi connectivity index (χ0n) is 12.8. The minimum absolute atomic E-state index is 0.473. The molecule has 116 valence electrons. The Morgan fingerprint density at radius 3 is 2.52 bits per heavy atom. The van der Waals surface area contributed by atoms with Crippen LogP contribution in [-0.2, 0) is 19.7 Å². The van der Waals surface area contributed by atoms with Crippen molar-refractivity contribution in [3.63, 3.8) is 0 Å². The number of esters is 1. The number of rotatable bonds is 3. The van der Waals surface area contributed by atoms with Crippen LogP contribution in [0.1, 0.15) is 39.3 Å². The minimum Gasteiger partial charge on any atom is -0.468 e. The first-order valence-corrected chi connectivity index (χ1v) is 6.81. The predicted octanol–water partition coefficient (Wildman–Crippen LogP) is 1.20. The number of methoxy groups -OCH3 is 1. The van der Waals surface area contributed by atoms with Gasteiger partial charge in [0, 0.05) is 11.6 Å². The fourth-order valence-corrected chi connectivity index (χ4v) is 2.21. The van der Waals surface area contributed by atoms with E-state index in [1.165, 1.54) is 18.0 Å². The maximum absolute atomic E-state index is 12.0. The second kappa shape index (κ2) is 5.14. The maximum Gasteiger partial charge on any atom is 0.419 e. The molecule has 0 aliphatic heterocycles. The van der Waals surface area contributed by atoms with Crippen LogP contribution in [0.3, 0.4) is 0 Å². The van der Waals surface area contributed by atoms with Gasteiger partial charge in [0.2, 0.25) is 0 Å². The van der Waals surface area contributed by atoms with Crippen LogP contribution in [0.25, 0.3) is 0 Å². The summed E-state index contributed by atoms with van der Waals surface area (Å²) in [5.41, 5.74) is 5.45. The normalized spacial score (nSPS) is 18.0. The lowest BCUT2D eigenvalue weighted by Crippen LogP contribution is -2.43. The van der Waals surface area contributed by atoms with Gasteiger partial charge in [-0.3, -0.25) is 4.79 Å². The van der Waals surface area contributed by atoms with Gasteiger partial charge in [-0.1, -0.05) is 0 Å². The molecular weight excluding hydrogens is 274 g/mol. The van der Waals surface area contributed by atoms with Crippen molar-refractivity contribution in [3.8, 4) is 0 Å². The first-order chi connectivity index (χ1) is 9.69. The molecule has 1 fully saturated rings. The topological polar surface area (TPSA) is 96.4 Å². The molecule has 7 heteroatoms. The van der Waals surface area contributed by atoms with E-state index in [-0.39, 0.29) is 0 Å². The van der Waals surface area contributed by atoms with Crippen molar-refractivity contribution in [2.45, 2.75) is 50.7 Å². The van der Waals surface area contributed by atoms with Crippen LogP contribution >= 0.6 is 0 Å². The molecule has 1 aromatic rings. The van der Waals surface area contributed by atoms with Crippen LogP contribution in [0.15, 0.2) is 12.5 Å². The monoisotopic (exact) mass is 295 g/mol. The first kappa shape index (κ1) is 15.5. The van der Waals surface area contributed by atoms with E-state index in [2.05, 4.69) is 9.72 Å². The molecule has 1 aromatic heterocycles. The summed E-state index contributed by atoms with van der Waals surface area (Å²) in [4.78, 5) is 27.8. The van der Waals surface area contributed by atoms with Gasteiger partial charge < -0.3 is 15.2 Å². The summed E-state index contributed by atoms with van der Waals surface area (Å²) in [5.74, 6) is -0.473. The summed E-state index contributed by atoms with van der Waals surface area (Å²) in [7, 11) is 1.30. The van der Waals surface area contributed by atoms with Crippen LogP contribution in [0.5, 0.6) is 0 Å². The average molecular weight is 295 g/mol. The average Bonchev–Trinajstić information content (AvgIpc) is 3.05. The van der Waals surface area contributed by atoms with Crippen molar-refractivity contribution in [1.29, 1.82) is 0 Å². The molecule has 7 nitrogen and oxygen atoms in total. The third kappa shape index (κ3) is 3.07. The lowest BCUT2D eigenvalue weighted by molar-refractivity contribution is -0.143. The fourth-order valence-electron chi connectivity index (χ4n) is 2.21. The Balaban J connectivity index is 2.17. The van der Waals surface area contributed by atoms with Crippen molar-refractivity contribution in [3.05, 3.63) is 18.2 Å². The zero-order valence-corrected chi connectivity index (χ0v) is 12.8. The Morgan fingerprint density at radius 2 is 2.05 bits per heavy atom. The van der Waals surface area contributed by atoms with E-state index < -0.39 is 29.1 Å². The molecule has 1 aliphatic rings. The molecule has 0 spiro atoms. The Bertz CT molecular complexity index is 555. The number of carbonyl (C=O) groups is 2. The Hall–Kier alpha value is -1.89. The molecule has 2 rings (SSSR count). The highest BCUT2D eigenvalue weighted by atomic mass is 16.6. The number of imidazole rings is 1. The molecule has 0 amide bonds. The molecule has 1 saturated carbocycles. The third-order valence-electron chi connectivity index (χ3n) is 3.54. The number of nitrogens with two attached hydrogens (primary N) is 1. The molecule has 0 saturated heterocycles. The van der Waals surface area contributed by atoms with Crippen molar-refractivity contribution in [2.24, 2.45) is 5.73 Å². The molecule has 21 heavy (non-hydrogen) atoms. The molecule has 1 atom stereocenters. The van der Waals surface area contributed by atoms with Gasteiger partial charge in [0.25, 0.3) is 0 Å². The van der Waals surface area contributed by atoms with E-state index in [0.717, 1.165) is 12.8 Å². The van der Waals surface area contributed by atoms with Crippen LogP contribution in [-0.4, -0.2) is 40.4 Å². The molecule has 1 heterocycles. The van der Waals surface area contributed by atoms with Crippen molar-refractivity contribution in [2.75, 3.05) is 7.11 Å². The van der Waals surface area contributed by atoms with Crippen molar-refractivity contribution in [1.82, 2.24) is 9.55 Å². The van der Waals surface area contributed by atoms with Gasteiger partial charge in [-0.15, -0.1) is 0 Å². The molecule has 1 unspecified atom stereocenters. The molecule has 2 N–H and O–H groups in total. The van der Waals surface area contributed by atoms with E-state index in [0.29, 0.717) is 5.69 Å². The minimum atomic E-state index is -0.774. The number of hydrogen-bond acceptors (Lipinski definition) is 6. The van der Waals surface area contributed by atoms with Crippen LogP contribution in [0.2, 0.25) is 0 Å². The number of aromatic nitrogens is 2. The third-order valence-corrected chi connectivity index (χ3v) is 3.54. The summed E-state index contributed by atoms with van der Waals surface area (Å²) in [6, 6.07) is -0.774. The smallest absolute Gasteiger partial charge is 0.419 e. The summed E-state index contributed by atoms with van der Waals surface area (Å²) in [6.45, 7) is 5.37. The van der Waals surface area contributed by atoms with Gasteiger partial charge in [0.15, 0.2) is 0 Å². The fraction of sp³-hybridized carbons (Fsp3) is 0.643. The van der Waals surface area contributed by atoms with Crippen LogP contribution < -0.4 is 5.73 Å². The number of nitrogens with zero attached hydrogens (tertiary/aromatic N) is 2. The summed E-state index contributed by atoms with van der Waals surface area (Å²) in [5, 5.41) is 0. The summed E-state index contributed by atoms with van der Waals surface area (Å²) in [6.07, 6.45) is 3.93. The summed E-state index contributed by atoms with van der Waals surface area (Å²) < 4.78 is 11.2. The van der Waals surface area contributed by atoms with E-state index in [1.807, 2.05) is 0 Å². The highest BCUT2D eigenvalue weighted by Gasteiger charge is 2.54. The van der Waals surface area contributed by atoms with E-state index in [4.69, 9.17) is 10.5 Å². The van der Waals surface area contributed by atoms with Gasteiger partial charge in [-0.05, 0) is 33.6 Å². The second-order valence-electron chi connectivity index (χ2n) is 6.30. The van der Waals surface area contributed by atoms with Gasteiger partial charge in [-0.2, -0.15) is 0 Å². The molecular formula is C14H21N3O4. The Morgan fingerprint density at radius 1 is 1.43 bits per heavy atom. The standard InChI is InChI=1S/C14H21N3O4/c1-13(2,3)21-12(19)17-7-9(16-8-17)14(5-6-14)10(15)11(18)20-4/h7-8,10H,5-6,15H2,1-4H3. The largest absolute Gasteiger partial charge is 0.468 e. The van der Waals surface area contributed by atoms with Gasteiger partial charge in [-0.25, -0.2) is 14.3 Å². The van der Waals surface area contributed by atoms with Gasteiger partial charge in [0.1, 0.15) is 18.0 Å². The van der Waals surface area contributed by atoms with E-state index >= 15 is 0 Å². The van der Waals surface area contributed by atoms with E-state index in [9.17, 15) is 9.59 Å².